The van der Waals surface area contributed by atoms with Crippen molar-refractivity contribution < 1.29 is 9.53 Å². The Morgan fingerprint density at radius 1 is 1.29 bits per heavy atom. The minimum absolute atomic E-state index is 0.312. The molecule has 0 aromatic heterocycles. The lowest BCUT2D eigenvalue weighted by Crippen LogP contribution is -2.09. The van der Waals surface area contributed by atoms with Gasteiger partial charge in [-0.1, -0.05) is 32.4 Å². The maximum Gasteiger partial charge on any atom is 0.133 e. The molecule has 21 heavy (non-hydrogen) atoms. The SMILES string of the molecule is CCCOc1cc(C)c(Cl)cc1CC(C)CC(=O)CCC. The molecule has 2 nitrogen and oxygen atoms in total. The Balaban J connectivity index is 2.80. The first-order chi connectivity index (χ1) is 9.97. The van der Waals surface area contributed by atoms with E-state index in [4.69, 9.17) is 16.3 Å². The number of carbonyl (C=O) groups is 1. The second kappa shape index (κ2) is 9.09. The predicted molar refractivity (Wildman–Crippen MR) is 89.4 cm³/mol. The number of Topliss-reactive ketones (excluding diaryl/α,β-unsaturated/α-hetero) is 1. The van der Waals surface area contributed by atoms with Gasteiger partial charge in [0.1, 0.15) is 11.5 Å². The van der Waals surface area contributed by atoms with E-state index in [1.165, 1.54) is 0 Å². The van der Waals surface area contributed by atoms with E-state index in [0.29, 0.717) is 31.1 Å². The lowest BCUT2D eigenvalue weighted by Gasteiger charge is -2.16. The van der Waals surface area contributed by atoms with E-state index in [0.717, 1.165) is 41.2 Å². The Hall–Kier alpha value is -1.02. The van der Waals surface area contributed by atoms with Gasteiger partial charge >= 0.3 is 0 Å². The zero-order valence-electron chi connectivity index (χ0n) is 13.7. The van der Waals surface area contributed by atoms with Crippen molar-refractivity contribution in [1.82, 2.24) is 0 Å². The number of aryl methyl sites for hydroxylation is 1. The molecule has 0 N–H and O–H groups in total. The van der Waals surface area contributed by atoms with Gasteiger partial charge in [-0.25, -0.2) is 0 Å². The van der Waals surface area contributed by atoms with Gasteiger partial charge in [0.25, 0.3) is 0 Å². The number of hydrogen-bond acceptors (Lipinski definition) is 2. The maximum absolute atomic E-state index is 11.8. The molecule has 1 atom stereocenters. The van der Waals surface area contributed by atoms with E-state index < -0.39 is 0 Å². The molecule has 0 saturated carbocycles. The number of halogens is 1. The quantitative estimate of drug-likeness (QED) is 0.612. The van der Waals surface area contributed by atoms with Gasteiger partial charge in [0.15, 0.2) is 0 Å². The number of carbonyl (C=O) groups excluding carboxylic acids is 1. The van der Waals surface area contributed by atoms with Crippen LogP contribution in [0.1, 0.15) is 57.6 Å². The summed E-state index contributed by atoms with van der Waals surface area (Å²) in [6, 6.07) is 4.00. The molecule has 0 aliphatic rings. The normalized spacial score (nSPS) is 12.2. The molecule has 1 unspecified atom stereocenters. The van der Waals surface area contributed by atoms with Crippen molar-refractivity contribution in [3.05, 3.63) is 28.3 Å². The van der Waals surface area contributed by atoms with E-state index in [2.05, 4.69) is 13.8 Å². The summed E-state index contributed by atoms with van der Waals surface area (Å²) in [5.41, 5.74) is 2.14. The first-order valence-electron chi connectivity index (χ1n) is 7.91. The lowest BCUT2D eigenvalue weighted by molar-refractivity contribution is -0.119. The Morgan fingerprint density at radius 3 is 2.62 bits per heavy atom. The van der Waals surface area contributed by atoms with Crippen LogP contribution in [0.4, 0.5) is 0 Å². The molecule has 0 aliphatic carbocycles. The largest absolute Gasteiger partial charge is 0.493 e. The third-order valence-electron chi connectivity index (χ3n) is 3.48. The second-order valence-electron chi connectivity index (χ2n) is 5.86. The lowest BCUT2D eigenvalue weighted by atomic mass is 9.94. The fourth-order valence-corrected chi connectivity index (χ4v) is 2.61. The van der Waals surface area contributed by atoms with E-state index in [1.807, 2.05) is 26.0 Å². The number of ketones is 1. The zero-order valence-corrected chi connectivity index (χ0v) is 14.4. The van der Waals surface area contributed by atoms with E-state index in [9.17, 15) is 4.79 Å². The molecule has 0 fully saturated rings. The summed E-state index contributed by atoms with van der Waals surface area (Å²) in [4.78, 5) is 11.8. The van der Waals surface area contributed by atoms with Crippen LogP contribution in [-0.2, 0) is 11.2 Å². The van der Waals surface area contributed by atoms with Crippen molar-refractivity contribution in [3.8, 4) is 5.75 Å². The molecule has 0 bridgehead atoms. The van der Waals surface area contributed by atoms with Crippen molar-refractivity contribution in [2.45, 2.75) is 59.8 Å². The highest BCUT2D eigenvalue weighted by atomic mass is 35.5. The van der Waals surface area contributed by atoms with E-state index in [1.54, 1.807) is 0 Å². The van der Waals surface area contributed by atoms with Crippen LogP contribution in [0.25, 0.3) is 0 Å². The molecule has 1 aromatic carbocycles. The average molecular weight is 311 g/mol. The molecule has 0 saturated heterocycles. The topological polar surface area (TPSA) is 26.3 Å². The van der Waals surface area contributed by atoms with Crippen LogP contribution in [0.3, 0.4) is 0 Å². The first-order valence-corrected chi connectivity index (χ1v) is 8.29. The Labute approximate surface area is 133 Å². The van der Waals surface area contributed by atoms with Gasteiger partial charge in [-0.05, 0) is 55.4 Å². The van der Waals surface area contributed by atoms with Crippen LogP contribution in [0.5, 0.6) is 5.75 Å². The predicted octanol–water partition coefficient (Wildman–Crippen LogP) is 5.38. The van der Waals surface area contributed by atoms with Crippen LogP contribution >= 0.6 is 11.6 Å². The number of hydrogen-bond donors (Lipinski definition) is 0. The standard InChI is InChI=1S/C18H27ClO2/c1-5-7-16(20)10-13(3)9-15-12-17(19)14(4)11-18(15)21-8-6-2/h11-13H,5-10H2,1-4H3. The first kappa shape index (κ1) is 18.0. The number of rotatable bonds is 9. The van der Waals surface area contributed by atoms with Gasteiger partial charge in [0, 0.05) is 17.9 Å². The van der Waals surface area contributed by atoms with Gasteiger partial charge in [-0.3, -0.25) is 4.79 Å². The highest BCUT2D eigenvalue weighted by molar-refractivity contribution is 6.31. The average Bonchev–Trinajstić information content (AvgIpc) is 2.41. The Bertz CT molecular complexity index is 469. The van der Waals surface area contributed by atoms with Gasteiger partial charge in [0.05, 0.1) is 6.61 Å². The highest BCUT2D eigenvalue weighted by Gasteiger charge is 2.14. The van der Waals surface area contributed by atoms with Crippen LogP contribution in [0.2, 0.25) is 5.02 Å². The molecular formula is C18H27ClO2. The van der Waals surface area contributed by atoms with Crippen molar-refractivity contribution in [3.63, 3.8) is 0 Å². The summed E-state index contributed by atoms with van der Waals surface area (Å²) in [5.74, 6) is 1.57. The molecule has 1 aromatic rings. The molecule has 0 spiro atoms. The van der Waals surface area contributed by atoms with Gasteiger partial charge in [-0.2, -0.15) is 0 Å². The number of benzene rings is 1. The summed E-state index contributed by atoms with van der Waals surface area (Å²) in [6.45, 7) is 8.94. The molecular weight excluding hydrogens is 284 g/mol. The molecule has 3 heteroatoms. The minimum Gasteiger partial charge on any atom is -0.493 e. The van der Waals surface area contributed by atoms with Gasteiger partial charge < -0.3 is 4.74 Å². The monoisotopic (exact) mass is 310 g/mol. The second-order valence-corrected chi connectivity index (χ2v) is 6.27. The van der Waals surface area contributed by atoms with Crippen molar-refractivity contribution >= 4 is 17.4 Å². The van der Waals surface area contributed by atoms with Crippen LogP contribution < -0.4 is 4.74 Å². The van der Waals surface area contributed by atoms with Crippen molar-refractivity contribution in [1.29, 1.82) is 0 Å². The summed E-state index contributed by atoms with van der Waals surface area (Å²) in [7, 11) is 0. The molecule has 0 amide bonds. The fourth-order valence-electron chi connectivity index (χ4n) is 2.42. The van der Waals surface area contributed by atoms with E-state index in [-0.39, 0.29) is 0 Å². The Kier molecular flexibility index (Phi) is 7.81. The fraction of sp³-hybridized carbons (Fsp3) is 0.611. The van der Waals surface area contributed by atoms with Gasteiger partial charge in [0.2, 0.25) is 0 Å². The smallest absolute Gasteiger partial charge is 0.133 e. The third kappa shape index (κ3) is 6.09. The maximum atomic E-state index is 11.8. The van der Waals surface area contributed by atoms with Crippen LogP contribution in [0, 0.1) is 12.8 Å². The molecule has 0 heterocycles. The van der Waals surface area contributed by atoms with Crippen LogP contribution in [0.15, 0.2) is 12.1 Å². The molecule has 1 rings (SSSR count). The highest BCUT2D eigenvalue weighted by Crippen LogP contribution is 2.29. The van der Waals surface area contributed by atoms with Gasteiger partial charge in [-0.15, -0.1) is 0 Å². The van der Waals surface area contributed by atoms with Crippen LogP contribution in [-0.4, -0.2) is 12.4 Å². The summed E-state index contributed by atoms with van der Waals surface area (Å²) >= 11 is 6.24. The van der Waals surface area contributed by atoms with Crippen molar-refractivity contribution in [2.75, 3.05) is 6.61 Å². The summed E-state index contributed by atoms with van der Waals surface area (Å²) in [5, 5.41) is 0.765. The number of ether oxygens (including phenoxy) is 1. The molecule has 0 radical (unpaired) electrons. The zero-order chi connectivity index (χ0) is 15.8. The minimum atomic E-state index is 0.312. The summed E-state index contributed by atoms with van der Waals surface area (Å²) in [6.07, 6.45) is 4.04. The van der Waals surface area contributed by atoms with Crippen molar-refractivity contribution in [2.24, 2.45) is 5.92 Å². The third-order valence-corrected chi connectivity index (χ3v) is 3.88. The van der Waals surface area contributed by atoms with E-state index >= 15 is 0 Å². The molecule has 0 aliphatic heterocycles. The summed E-state index contributed by atoms with van der Waals surface area (Å²) < 4.78 is 5.83. The molecule has 118 valence electrons. The Morgan fingerprint density at radius 2 is 2.00 bits per heavy atom.